The number of aliphatic imine (C=N–C) groups is 1. The van der Waals surface area contributed by atoms with Gasteiger partial charge in [0.1, 0.15) is 0 Å². The standard InChI is InChI=1S/C19H21ClN4O.HI/c20-16-7-4-14(5-8-16)18(25)22-10-11-23-19(21)24-17-9-6-13-2-1-3-15(13)12-17;/h4-9,12H,1-3,10-11H2,(H,22,25)(H3,21,23,24);1H. The highest BCUT2D eigenvalue weighted by Gasteiger charge is 2.10. The molecule has 0 unspecified atom stereocenters. The Kier molecular flexibility index (Phi) is 7.71. The zero-order chi connectivity index (χ0) is 17.6. The molecule has 7 heteroatoms. The topological polar surface area (TPSA) is 79.5 Å². The van der Waals surface area contributed by atoms with Crippen molar-refractivity contribution in [2.75, 3.05) is 18.4 Å². The van der Waals surface area contributed by atoms with Crippen LogP contribution in [0, 0.1) is 0 Å². The van der Waals surface area contributed by atoms with Gasteiger partial charge in [0.15, 0.2) is 5.96 Å². The minimum absolute atomic E-state index is 0. The van der Waals surface area contributed by atoms with Gasteiger partial charge in [0.25, 0.3) is 5.91 Å². The molecule has 0 aromatic heterocycles. The third kappa shape index (κ3) is 5.60. The van der Waals surface area contributed by atoms with Gasteiger partial charge < -0.3 is 16.4 Å². The highest BCUT2D eigenvalue weighted by atomic mass is 127. The number of anilines is 1. The first-order valence-electron chi connectivity index (χ1n) is 8.34. The Labute approximate surface area is 175 Å². The van der Waals surface area contributed by atoms with Crippen LogP contribution in [0.1, 0.15) is 27.9 Å². The van der Waals surface area contributed by atoms with Crippen LogP contribution >= 0.6 is 35.6 Å². The van der Waals surface area contributed by atoms with Crippen LogP contribution in [0.4, 0.5) is 5.69 Å². The summed E-state index contributed by atoms with van der Waals surface area (Å²) in [6, 6.07) is 13.0. The average Bonchev–Trinajstić information content (AvgIpc) is 3.07. The molecule has 0 atom stereocenters. The summed E-state index contributed by atoms with van der Waals surface area (Å²) in [6.07, 6.45) is 3.50. The van der Waals surface area contributed by atoms with Gasteiger partial charge >= 0.3 is 0 Å². The molecule has 2 aromatic carbocycles. The van der Waals surface area contributed by atoms with Crippen LogP contribution in [-0.2, 0) is 12.8 Å². The summed E-state index contributed by atoms with van der Waals surface area (Å²) in [5.41, 5.74) is 10.2. The SMILES string of the molecule is I.NC(=NCCNC(=O)c1ccc(Cl)cc1)Nc1ccc2c(c1)CCC2. The molecule has 1 aliphatic rings. The van der Waals surface area contributed by atoms with E-state index in [1.165, 1.54) is 17.5 Å². The lowest BCUT2D eigenvalue weighted by atomic mass is 10.1. The van der Waals surface area contributed by atoms with Gasteiger partial charge in [-0.05, 0) is 66.8 Å². The largest absolute Gasteiger partial charge is 0.370 e. The van der Waals surface area contributed by atoms with Crippen LogP contribution in [0.2, 0.25) is 5.02 Å². The van der Waals surface area contributed by atoms with E-state index >= 15 is 0 Å². The molecule has 0 aliphatic heterocycles. The van der Waals surface area contributed by atoms with Crippen molar-refractivity contribution in [2.45, 2.75) is 19.3 Å². The van der Waals surface area contributed by atoms with Gasteiger partial charge in [0.2, 0.25) is 0 Å². The van der Waals surface area contributed by atoms with Gasteiger partial charge in [-0.1, -0.05) is 17.7 Å². The summed E-state index contributed by atoms with van der Waals surface area (Å²) < 4.78 is 0. The molecule has 0 radical (unpaired) electrons. The third-order valence-corrected chi connectivity index (χ3v) is 4.41. The summed E-state index contributed by atoms with van der Waals surface area (Å²) in [4.78, 5) is 16.2. The number of aryl methyl sites for hydroxylation is 2. The molecule has 0 spiro atoms. The number of nitrogens with one attached hydrogen (secondary N) is 2. The maximum atomic E-state index is 12.0. The second kappa shape index (κ2) is 9.78. The Bertz CT molecular complexity index is 793. The summed E-state index contributed by atoms with van der Waals surface area (Å²) in [7, 11) is 0. The van der Waals surface area contributed by atoms with E-state index in [-0.39, 0.29) is 29.9 Å². The molecule has 4 N–H and O–H groups in total. The van der Waals surface area contributed by atoms with Gasteiger partial charge in [-0.25, -0.2) is 0 Å². The van der Waals surface area contributed by atoms with Gasteiger partial charge in [0.05, 0.1) is 6.54 Å². The molecular weight excluding hydrogens is 463 g/mol. The quantitative estimate of drug-likeness (QED) is 0.263. The molecule has 3 rings (SSSR count). The summed E-state index contributed by atoms with van der Waals surface area (Å²) in [5.74, 6) is 0.190. The Balaban J connectivity index is 0.00000243. The van der Waals surface area contributed by atoms with Crippen LogP contribution in [0.15, 0.2) is 47.5 Å². The monoisotopic (exact) mass is 484 g/mol. The van der Waals surface area contributed by atoms with Crippen LogP contribution in [0.3, 0.4) is 0 Å². The van der Waals surface area contributed by atoms with E-state index in [9.17, 15) is 4.79 Å². The molecule has 1 amide bonds. The fraction of sp³-hybridized carbons (Fsp3) is 0.263. The number of carbonyl (C=O) groups excluding carboxylic acids is 1. The molecule has 0 saturated carbocycles. The number of hydrogen-bond acceptors (Lipinski definition) is 2. The van der Waals surface area contributed by atoms with Crippen LogP contribution in [0.5, 0.6) is 0 Å². The molecule has 2 aromatic rings. The summed E-state index contributed by atoms with van der Waals surface area (Å²) >= 11 is 5.81. The van der Waals surface area contributed by atoms with E-state index in [1.807, 2.05) is 6.07 Å². The van der Waals surface area contributed by atoms with Crippen molar-refractivity contribution in [3.8, 4) is 0 Å². The molecule has 0 fully saturated rings. The van der Waals surface area contributed by atoms with Crippen molar-refractivity contribution < 1.29 is 4.79 Å². The van der Waals surface area contributed by atoms with Crippen molar-refractivity contribution in [1.29, 1.82) is 0 Å². The Hall–Kier alpha value is -1.80. The van der Waals surface area contributed by atoms with Crippen molar-refractivity contribution in [1.82, 2.24) is 5.32 Å². The highest BCUT2D eigenvalue weighted by Crippen LogP contribution is 2.24. The molecule has 26 heavy (non-hydrogen) atoms. The molecular formula is C19H22ClIN4O. The van der Waals surface area contributed by atoms with E-state index in [4.69, 9.17) is 17.3 Å². The molecule has 1 aliphatic carbocycles. The van der Waals surface area contributed by atoms with Crippen molar-refractivity contribution >= 4 is 53.1 Å². The second-order valence-electron chi connectivity index (χ2n) is 5.99. The number of carbonyl (C=O) groups is 1. The van der Waals surface area contributed by atoms with Crippen LogP contribution in [-0.4, -0.2) is 25.0 Å². The first-order valence-corrected chi connectivity index (χ1v) is 8.72. The van der Waals surface area contributed by atoms with E-state index in [2.05, 4.69) is 27.8 Å². The fourth-order valence-electron chi connectivity index (χ4n) is 2.89. The predicted molar refractivity (Wildman–Crippen MR) is 118 cm³/mol. The number of guanidine groups is 1. The Morgan fingerprint density at radius 2 is 1.85 bits per heavy atom. The first-order chi connectivity index (χ1) is 12.1. The van der Waals surface area contributed by atoms with Crippen molar-refractivity contribution in [3.63, 3.8) is 0 Å². The lowest BCUT2D eigenvalue weighted by Gasteiger charge is -2.08. The smallest absolute Gasteiger partial charge is 0.251 e. The first kappa shape index (κ1) is 20.5. The number of rotatable bonds is 5. The molecule has 0 bridgehead atoms. The van der Waals surface area contributed by atoms with E-state index in [0.717, 1.165) is 18.5 Å². The Morgan fingerprint density at radius 1 is 1.12 bits per heavy atom. The zero-order valence-electron chi connectivity index (χ0n) is 14.3. The fourth-order valence-corrected chi connectivity index (χ4v) is 3.01. The number of nitrogens with zero attached hydrogens (tertiary/aromatic N) is 1. The normalized spacial score (nSPS) is 12.9. The van der Waals surface area contributed by atoms with Gasteiger partial charge in [-0.3, -0.25) is 9.79 Å². The van der Waals surface area contributed by atoms with Crippen LogP contribution < -0.4 is 16.4 Å². The number of benzene rings is 2. The lowest BCUT2D eigenvalue weighted by Crippen LogP contribution is -2.28. The van der Waals surface area contributed by atoms with Gasteiger partial charge in [-0.15, -0.1) is 24.0 Å². The number of hydrogen-bond donors (Lipinski definition) is 3. The molecule has 5 nitrogen and oxygen atoms in total. The van der Waals surface area contributed by atoms with Crippen molar-refractivity contribution in [3.05, 3.63) is 64.2 Å². The lowest BCUT2D eigenvalue weighted by molar-refractivity contribution is 0.0955. The number of amides is 1. The minimum Gasteiger partial charge on any atom is -0.370 e. The molecule has 0 saturated heterocycles. The van der Waals surface area contributed by atoms with E-state index in [1.54, 1.807) is 24.3 Å². The maximum Gasteiger partial charge on any atom is 0.251 e. The number of nitrogens with two attached hydrogens (primary N) is 1. The summed E-state index contributed by atoms with van der Waals surface area (Å²) in [6.45, 7) is 0.817. The Morgan fingerprint density at radius 3 is 2.62 bits per heavy atom. The van der Waals surface area contributed by atoms with Gasteiger partial charge in [0, 0.05) is 22.8 Å². The number of halogens is 2. The van der Waals surface area contributed by atoms with Gasteiger partial charge in [-0.2, -0.15) is 0 Å². The maximum absolute atomic E-state index is 12.0. The highest BCUT2D eigenvalue weighted by molar-refractivity contribution is 14.0. The third-order valence-electron chi connectivity index (χ3n) is 4.16. The molecule has 0 heterocycles. The van der Waals surface area contributed by atoms with Crippen molar-refractivity contribution in [2.24, 2.45) is 10.7 Å². The molecule has 138 valence electrons. The predicted octanol–water partition coefficient (Wildman–Crippen LogP) is 3.60. The summed E-state index contributed by atoms with van der Waals surface area (Å²) in [5, 5.41) is 6.50. The second-order valence-corrected chi connectivity index (χ2v) is 6.43. The van der Waals surface area contributed by atoms with E-state index in [0.29, 0.717) is 29.6 Å². The van der Waals surface area contributed by atoms with E-state index < -0.39 is 0 Å². The van der Waals surface area contributed by atoms with Crippen LogP contribution in [0.25, 0.3) is 0 Å². The minimum atomic E-state index is -0.156. The number of fused-ring (bicyclic) bond motifs is 1. The average molecular weight is 485 g/mol. The zero-order valence-corrected chi connectivity index (χ0v) is 17.4.